The Morgan fingerprint density at radius 1 is 1.18 bits per heavy atom. The maximum absolute atomic E-state index is 9.60. The van der Waals surface area contributed by atoms with Gasteiger partial charge in [-0.3, -0.25) is 4.79 Å². The molecule has 1 heterocycles. The summed E-state index contributed by atoms with van der Waals surface area (Å²) in [6, 6.07) is 15.0. The third-order valence-electron chi connectivity index (χ3n) is 6.20. The first-order valence-corrected chi connectivity index (χ1v) is 13.4. The molecule has 1 aromatic heterocycles. The lowest BCUT2D eigenvalue weighted by Gasteiger charge is -2.17. The fraction of sp³-hybridized carbons (Fsp3) is 0.438. The molecule has 0 fully saturated rings. The Balaban J connectivity index is 0.000000673. The number of nitrogens with one attached hydrogen (secondary N) is 1. The highest BCUT2D eigenvalue weighted by Crippen LogP contribution is 2.29. The van der Waals surface area contributed by atoms with Crippen LogP contribution in [0.4, 0.5) is 0 Å². The van der Waals surface area contributed by atoms with E-state index in [1.807, 2.05) is 46.0 Å². The molecule has 0 spiro atoms. The van der Waals surface area contributed by atoms with Crippen molar-refractivity contribution in [3.05, 3.63) is 77.8 Å². The molecule has 0 saturated carbocycles. The van der Waals surface area contributed by atoms with Crippen LogP contribution in [-0.4, -0.2) is 46.7 Å². The molecule has 0 aliphatic carbocycles. The summed E-state index contributed by atoms with van der Waals surface area (Å²) in [5.41, 5.74) is 5.42. The maximum Gasteiger partial charge on any atom is 0.293 e. The SMILES string of the molecule is C=C(C)C(C)NCc1ccc(CC)cc1Oc1ccc(-c2cnc(CN(C)C)n2C)cc1.CC(C)(C)OC=O. The van der Waals surface area contributed by atoms with Crippen molar-refractivity contribution in [2.45, 2.75) is 72.7 Å². The molecule has 1 N–H and O–H groups in total. The lowest BCUT2D eigenvalue weighted by Crippen LogP contribution is -2.26. The second kappa shape index (κ2) is 14.7. The van der Waals surface area contributed by atoms with Crippen molar-refractivity contribution in [1.82, 2.24) is 19.8 Å². The van der Waals surface area contributed by atoms with Gasteiger partial charge in [0.15, 0.2) is 0 Å². The Labute approximate surface area is 234 Å². The van der Waals surface area contributed by atoms with Crippen LogP contribution >= 0.6 is 0 Å². The monoisotopic (exact) mass is 534 g/mol. The van der Waals surface area contributed by atoms with Crippen LogP contribution in [0.25, 0.3) is 11.3 Å². The minimum absolute atomic E-state index is 0.254. The highest BCUT2D eigenvalue weighted by atomic mass is 16.5. The van der Waals surface area contributed by atoms with Crippen molar-refractivity contribution in [2.24, 2.45) is 7.05 Å². The van der Waals surface area contributed by atoms with Crippen molar-refractivity contribution in [3.63, 3.8) is 0 Å². The van der Waals surface area contributed by atoms with Crippen molar-refractivity contribution in [1.29, 1.82) is 0 Å². The van der Waals surface area contributed by atoms with Crippen LogP contribution in [0.1, 0.15) is 58.5 Å². The van der Waals surface area contributed by atoms with E-state index >= 15 is 0 Å². The largest absolute Gasteiger partial charge is 0.462 e. The summed E-state index contributed by atoms with van der Waals surface area (Å²) in [6.07, 6.45) is 2.91. The first kappa shape index (κ1) is 31.8. The second-order valence-corrected chi connectivity index (χ2v) is 11.1. The van der Waals surface area contributed by atoms with E-state index in [0.29, 0.717) is 6.47 Å². The molecule has 0 amide bonds. The summed E-state index contributed by atoms with van der Waals surface area (Å²) in [6.45, 7) is 17.8. The smallest absolute Gasteiger partial charge is 0.293 e. The topological polar surface area (TPSA) is 68.6 Å². The minimum Gasteiger partial charge on any atom is -0.462 e. The minimum atomic E-state index is -0.318. The molecule has 1 unspecified atom stereocenters. The van der Waals surface area contributed by atoms with E-state index in [-0.39, 0.29) is 11.6 Å². The molecule has 7 heteroatoms. The van der Waals surface area contributed by atoms with Gasteiger partial charge in [-0.25, -0.2) is 4.98 Å². The quantitative estimate of drug-likeness (QED) is 0.223. The zero-order valence-electron chi connectivity index (χ0n) is 25.2. The molecule has 0 aliphatic rings. The Bertz CT molecular complexity index is 1210. The van der Waals surface area contributed by atoms with Crippen molar-refractivity contribution in [3.8, 4) is 22.8 Å². The molecule has 7 nitrogen and oxygen atoms in total. The highest BCUT2D eigenvalue weighted by Gasteiger charge is 2.12. The van der Waals surface area contributed by atoms with Crippen LogP contribution in [0.2, 0.25) is 0 Å². The van der Waals surface area contributed by atoms with Gasteiger partial charge in [0.05, 0.1) is 18.4 Å². The summed E-state index contributed by atoms with van der Waals surface area (Å²) in [5, 5.41) is 3.52. The van der Waals surface area contributed by atoms with Crippen LogP contribution in [0.15, 0.2) is 60.8 Å². The Kier molecular flexibility index (Phi) is 11.9. The van der Waals surface area contributed by atoms with E-state index in [4.69, 9.17) is 4.74 Å². The van der Waals surface area contributed by atoms with E-state index < -0.39 is 0 Å². The standard InChI is InChI=1S/C27H36N4O.C5H10O2/c1-8-21-9-10-23(16-28-20(4)19(2)3)26(15-21)32-24-13-11-22(12-14-24)25-17-29-27(31(25)7)18-30(5)6;1-5(2,3)7-4-6/h9-15,17,20,28H,2,8,16,18H2,1,3-7H3;4H,1-3H3. The van der Waals surface area contributed by atoms with Gasteiger partial charge in [-0.2, -0.15) is 0 Å². The number of aryl methyl sites for hydroxylation is 1. The van der Waals surface area contributed by atoms with Gasteiger partial charge in [0.1, 0.15) is 22.9 Å². The van der Waals surface area contributed by atoms with Gasteiger partial charge in [-0.05, 0) is 91.0 Å². The predicted octanol–water partition coefficient (Wildman–Crippen LogP) is 6.52. The fourth-order valence-electron chi connectivity index (χ4n) is 3.61. The summed E-state index contributed by atoms with van der Waals surface area (Å²) < 4.78 is 13.0. The second-order valence-electron chi connectivity index (χ2n) is 11.1. The Morgan fingerprint density at radius 3 is 2.36 bits per heavy atom. The van der Waals surface area contributed by atoms with Crippen molar-refractivity contribution < 1.29 is 14.3 Å². The number of aromatic nitrogens is 2. The summed E-state index contributed by atoms with van der Waals surface area (Å²) in [5.74, 6) is 2.77. The third kappa shape index (κ3) is 10.3. The number of rotatable bonds is 11. The Morgan fingerprint density at radius 2 is 1.85 bits per heavy atom. The van der Waals surface area contributed by atoms with E-state index in [9.17, 15) is 4.79 Å². The van der Waals surface area contributed by atoms with Crippen LogP contribution < -0.4 is 10.1 Å². The molecule has 0 saturated heterocycles. The molecule has 0 radical (unpaired) electrons. The number of benzene rings is 2. The predicted molar refractivity (Wildman–Crippen MR) is 160 cm³/mol. The molecule has 3 rings (SSSR count). The van der Waals surface area contributed by atoms with Crippen molar-refractivity contribution >= 4 is 6.47 Å². The summed E-state index contributed by atoms with van der Waals surface area (Å²) in [7, 11) is 6.17. The van der Waals surface area contributed by atoms with Gasteiger partial charge in [0.2, 0.25) is 0 Å². The summed E-state index contributed by atoms with van der Waals surface area (Å²) >= 11 is 0. The first-order valence-electron chi connectivity index (χ1n) is 13.4. The van der Waals surface area contributed by atoms with E-state index in [1.54, 1.807) is 0 Å². The van der Waals surface area contributed by atoms with E-state index in [0.717, 1.165) is 59.2 Å². The first-order chi connectivity index (χ1) is 18.3. The van der Waals surface area contributed by atoms with E-state index in [1.165, 1.54) is 5.56 Å². The summed E-state index contributed by atoms with van der Waals surface area (Å²) in [4.78, 5) is 16.3. The zero-order chi connectivity index (χ0) is 29.2. The fourth-order valence-corrected chi connectivity index (χ4v) is 3.61. The number of nitrogens with zero attached hydrogens (tertiary/aromatic N) is 3. The van der Waals surface area contributed by atoms with Gasteiger partial charge in [0.25, 0.3) is 6.47 Å². The molecule has 212 valence electrons. The van der Waals surface area contributed by atoms with Gasteiger partial charge in [-0.1, -0.05) is 31.2 Å². The molecule has 39 heavy (non-hydrogen) atoms. The molecule has 3 aromatic rings. The van der Waals surface area contributed by atoms with Crippen LogP contribution in [0.5, 0.6) is 11.5 Å². The number of hydrogen-bond donors (Lipinski definition) is 1. The van der Waals surface area contributed by atoms with Gasteiger partial charge in [-0.15, -0.1) is 0 Å². The average molecular weight is 535 g/mol. The number of carbonyl (C=O) groups is 1. The molecule has 1 atom stereocenters. The van der Waals surface area contributed by atoms with Crippen LogP contribution in [0, 0.1) is 0 Å². The maximum atomic E-state index is 9.60. The number of carbonyl (C=O) groups excluding carboxylic acids is 1. The molecule has 2 aromatic carbocycles. The highest BCUT2D eigenvalue weighted by molar-refractivity contribution is 5.60. The zero-order valence-corrected chi connectivity index (χ0v) is 25.2. The molecule has 0 aliphatic heterocycles. The third-order valence-corrected chi connectivity index (χ3v) is 6.20. The Hall–Kier alpha value is -3.42. The normalized spacial score (nSPS) is 11.9. The molecule has 0 bridgehead atoms. The van der Waals surface area contributed by atoms with Crippen LogP contribution in [-0.2, 0) is 36.1 Å². The number of ether oxygens (including phenoxy) is 2. The molecular formula is C32H46N4O3. The van der Waals surface area contributed by atoms with Gasteiger partial charge in [0, 0.05) is 30.8 Å². The number of hydrogen-bond acceptors (Lipinski definition) is 6. The lowest BCUT2D eigenvalue weighted by molar-refractivity contribution is -0.138. The average Bonchev–Trinajstić information content (AvgIpc) is 3.22. The van der Waals surface area contributed by atoms with Crippen molar-refractivity contribution in [2.75, 3.05) is 14.1 Å². The number of imidazole rings is 1. The van der Waals surface area contributed by atoms with Crippen LogP contribution in [0.3, 0.4) is 0 Å². The lowest BCUT2D eigenvalue weighted by atomic mass is 10.1. The van der Waals surface area contributed by atoms with Gasteiger partial charge < -0.3 is 24.3 Å². The van der Waals surface area contributed by atoms with Gasteiger partial charge >= 0.3 is 0 Å². The molecular weight excluding hydrogens is 488 g/mol. The van der Waals surface area contributed by atoms with E-state index in [2.05, 4.69) is 96.4 Å².